The van der Waals surface area contributed by atoms with E-state index in [0.717, 1.165) is 22.5 Å². The van der Waals surface area contributed by atoms with Crippen molar-refractivity contribution in [3.63, 3.8) is 0 Å². The zero-order valence-corrected chi connectivity index (χ0v) is 24.6. The highest BCUT2D eigenvalue weighted by Gasteiger charge is 2.09. The van der Waals surface area contributed by atoms with E-state index in [2.05, 4.69) is 155 Å². The van der Waals surface area contributed by atoms with Gasteiger partial charge in [0.25, 0.3) is 0 Å². The SMILES string of the molecule is Cn1c2ccccc2c2cc(/C=C/c3ccnc(-c4cc(/C=C/c5ccc6c(c5)c5ccccc5n6C)ccn4)c3)ccc21. The van der Waals surface area contributed by atoms with Gasteiger partial charge in [0.2, 0.25) is 0 Å². The molecular formula is C40H30N4. The summed E-state index contributed by atoms with van der Waals surface area (Å²) in [5.41, 5.74) is 11.2. The highest BCUT2D eigenvalue weighted by atomic mass is 14.9. The van der Waals surface area contributed by atoms with Crippen molar-refractivity contribution in [2.45, 2.75) is 0 Å². The van der Waals surface area contributed by atoms with Gasteiger partial charge in [-0.3, -0.25) is 9.97 Å². The highest BCUT2D eigenvalue weighted by Crippen LogP contribution is 2.31. The Morgan fingerprint density at radius 1 is 0.409 bits per heavy atom. The van der Waals surface area contributed by atoms with E-state index >= 15 is 0 Å². The van der Waals surface area contributed by atoms with Crippen LogP contribution in [0.4, 0.5) is 0 Å². The van der Waals surface area contributed by atoms with Gasteiger partial charge >= 0.3 is 0 Å². The molecule has 4 nitrogen and oxygen atoms in total. The Labute approximate surface area is 255 Å². The molecule has 4 heteroatoms. The topological polar surface area (TPSA) is 35.6 Å². The molecule has 0 aliphatic rings. The second-order valence-electron chi connectivity index (χ2n) is 11.3. The fourth-order valence-corrected chi connectivity index (χ4v) is 6.34. The van der Waals surface area contributed by atoms with Crippen molar-refractivity contribution in [3.8, 4) is 11.4 Å². The monoisotopic (exact) mass is 566 g/mol. The fourth-order valence-electron chi connectivity index (χ4n) is 6.34. The first-order valence-corrected chi connectivity index (χ1v) is 14.9. The van der Waals surface area contributed by atoms with E-state index in [1.807, 2.05) is 24.5 Å². The largest absolute Gasteiger partial charge is 0.344 e. The van der Waals surface area contributed by atoms with Gasteiger partial charge in [-0.15, -0.1) is 0 Å². The molecule has 0 amide bonds. The molecule has 8 aromatic rings. The van der Waals surface area contributed by atoms with Crippen molar-refractivity contribution in [3.05, 3.63) is 144 Å². The number of hydrogen-bond acceptors (Lipinski definition) is 2. The number of fused-ring (bicyclic) bond motifs is 6. The van der Waals surface area contributed by atoms with Crippen molar-refractivity contribution >= 4 is 67.9 Å². The van der Waals surface area contributed by atoms with E-state index < -0.39 is 0 Å². The van der Waals surface area contributed by atoms with Crippen LogP contribution in [0.3, 0.4) is 0 Å². The predicted molar refractivity (Wildman–Crippen MR) is 186 cm³/mol. The molecule has 0 aliphatic carbocycles. The van der Waals surface area contributed by atoms with E-state index in [-0.39, 0.29) is 0 Å². The maximum Gasteiger partial charge on any atom is 0.0892 e. The van der Waals surface area contributed by atoms with Crippen LogP contribution in [0, 0.1) is 0 Å². The third kappa shape index (κ3) is 4.48. The third-order valence-corrected chi connectivity index (χ3v) is 8.64. The third-order valence-electron chi connectivity index (χ3n) is 8.64. The van der Waals surface area contributed by atoms with Gasteiger partial charge < -0.3 is 9.13 Å². The predicted octanol–water partition coefficient (Wildman–Crippen LogP) is 9.77. The smallest absolute Gasteiger partial charge is 0.0892 e. The lowest BCUT2D eigenvalue weighted by Crippen LogP contribution is -1.89. The molecule has 0 unspecified atom stereocenters. The molecule has 0 bridgehead atoms. The Balaban J connectivity index is 1.05. The first-order valence-electron chi connectivity index (χ1n) is 14.9. The van der Waals surface area contributed by atoms with Gasteiger partial charge in [-0.2, -0.15) is 0 Å². The Morgan fingerprint density at radius 2 is 0.795 bits per heavy atom. The summed E-state index contributed by atoms with van der Waals surface area (Å²) in [5.74, 6) is 0. The van der Waals surface area contributed by atoms with E-state index in [0.29, 0.717) is 0 Å². The molecule has 0 N–H and O–H groups in total. The number of nitrogens with zero attached hydrogens (tertiary/aromatic N) is 4. The number of hydrogen-bond donors (Lipinski definition) is 0. The van der Waals surface area contributed by atoms with Crippen LogP contribution >= 0.6 is 0 Å². The molecular weight excluding hydrogens is 536 g/mol. The summed E-state index contributed by atoms with van der Waals surface area (Å²) in [4.78, 5) is 9.28. The number of pyridine rings is 2. The molecule has 0 atom stereocenters. The molecule has 4 aromatic carbocycles. The fraction of sp³-hybridized carbons (Fsp3) is 0.0500. The molecule has 0 radical (unpaired) electrons. The summed E-state index contributed by atoms with van der Waals surface area (Å²) in [7, 11) is 4.26. The van der Waals surface area contributed by atoms with Gasteiger partial charge in [-0.25, -0.2) is 0 Å². The summed E-state index contributed by atoms with van der Waals surface area (Å²) in [6.07, 6.45) is 12.3. The van der Waals surface area contributed by atoms with Crippen LogP contribution in [0.2, 0.25) is 0 Å². The molecule has 0 aliphatic heterocycles. The van der Waals surface area contributed by atoms with Crippen molar-refractivity contribution in [1.29, 1.82) is 0 Å². The number of aromatic nitrogens is 4. The second-order valence-corrected chi connectivity index (χ2v) is 11.3. The van der Waals surface area contributed by atoms with E-state index in [4.69, 9.17) is 0 Å². The molecule has 0 saturated carbocycles. The average Bonchev–Trinajstić information content (AvgIpc) is 3.53. The zero-order chi connectivity index (χ0) is 29.6. The van der Waals surface area contributed by atoms with Crippen molar-refractivity contribution in [1.82, 2.24) is 19.1 Å². The minimum Gasteiger partial charge on any atom is -0.344 e. The number of rotatable bonds is 5. The molecule has 210 valence electrons. The number of benzene rings is 4. The van der Waals surface area contributed by atoms with Gasteiger partial charge in [0.05, 0.1) is 11.4 Å². The lowest BCUT2D eigenvalue weighted by Gasteiger charge is -2.03. The van der Waals surface area contributed by atoms with E-state index in [9.17, 15) is 0 Å². The molecule has 44 heavy (non-hydrogen) atoms. The summed E-state index contributed by atoms with van der Waals surface area (Å²) < 4.78 is 4.51. The molecule has 8 rings (SSSR count). The lowest BCUT2D eigenvalue weighted by molar-refractivity contribution is 1.01. The number of para-hydroxylation sites is 2. The average molecular weight is 567 g/mol. The van der Waals surface area contributed by atoms with E-state index in [1.54, 1.807) is 0 Å². The molecule has 0 spiro atoms. The van der Waals surface area contributed by atoms with Crippen LogP contribution < -0.4 is 0 Å². The summed E-state index contributed by atoms with van der Waals surface area (Å²) >= 11 is 0. The van der Waals surface area contributed by atoms with E-state index in [1.165, 1.54) is 54.7 Å². The van der Waals surface area contributed by atoms with Crippen LogP contribution in [0.15, 0.2) is 122 Å². The standard InChI is InChI=1S/C40H30N4/c1-43-37-9-5-3-7-31(37)33-23-27(15-17-39(33)43)11-13-29-19-21-41-35(25-29)36-26-30(20-22-42-36)14-12-28-16-18-40-34(24-28)32-8-4-6-10-38(32)44(40)2/h3-26H,1-2H3/b13-11+,14-12+. The van der Waals surface area contributed by atoms with Gasteiger partial charge in [-0.1, -0.05) is 72.8 Å². The van der Waals surface area contributed by atoms with Gasteiger partial charge in [0.1, 0.15) is 0 Å². The molecule has 4 heterocycles. The quantitative estimate of drug-likeness (QED) is 0.208. The minimum atomic E-state index is 0.851. The molecule has 0 saturated heterocycles. The summed E-state index contributed by atoms with van der Waals surface area (Å²) in [5, 5.41) is 5.10. The normalized spacial score (nSPS) is 12.1. The molecule has 4 aromatic heterocycles. The Bertz CT molecular complexity index is 2250. The zero-order valence-electron chi connectivity index (χ0n) is 24.6. The van der Waals surface area contributed by atoms with Gasteiger partial charge in [0, 0.05) is 70.1 Å². The Kier molecular flexibility index (Phi) is 6.20. The van der Waals surface area contributed by atoms with Crippen molar-refractivity contribution in [2.24, 2.45) is 14.1 Å². The van der Waals surface area contributed by atoms with Crippen LogP contribution in [0.5, 0.6) is 0 Å². The van der Waals surface area contributed by atoms with Crippen molar-refractivity contribution in [2.75, 3.05) is 0 Å². The first kappa shape index (κ1) is 25.9. The molecule has 0 fully saturated rings. The van der Waals surface area contributed by atoms with Crippen LogP contribution in [-0.2, 0) is 14.1 Å². The second kappa shape index (κ2) is 10.5. The lowest BCUT2D eigenvalue weighted by atomic mass is 10.1. The van der Waals surface area contributed by atoms with Crippen molar-refractivity contribution < 1.29 is 0 Å². The van der Waals surface area contributed by atoms with Crippen LogP contribution in [0.25, 0.3) is 79.3 Å². The maximum absolute atomic E-state index is 4.64. The summed E-state index contributed by atoms with van der Waals surface area (Å²) in [6.45, 7) is 0. The van der Waals surface area contributed by atoms with Crippen LogP contribution in [-0.4, -0.2) is 19.1 Å². The van der Waals surface area contributed by atoms with Gasteiger partial charge in [-0.05, 0) is 82.9 Å². The van der Waals surface area contributed by atoms with Crippen LogP contribution in [0.1, 0.15) is 22.3 Å². The maximum atomic E-state index is 4.64. The minimum absolute atomic E-state index is 0.851. The first-order chi connectivity index (χ1) is 21.6. The highest BCUT2D eigenvalue weighted by molar-refractivity contribution is 6.09. The number of aryl methyl sites for hydroxylation is 2. The summed E-state index contributed by atoms with van der Waals surface area (Å²) in [6, 6.07) is 38.7. The van der Waals surface area contributed by atoms with Gasteiger partial charge in [0.15, 0.2) is 0 Å². The Morgan fingerprint density at radius 3 is 1.25 bits per heavy atom. The Hall–Kier alpha value is -5.74.